The normalized spacial score (nSPS) is 28.4. The smallest absolute Gasteiger partial charge is 0.247 e. The number of nitrogens with zero attached hydrogens (tertiary/aromatic N) is 2. The summed E-state index contributed by atoms with van der Waals surface area (Å²) in [6.45, 7) is 3.38. The quantitative estimate of drug-likeness (QED) is 0.728. The van der Waals surface area contributed by atoms with Crippen molar-refractivity contribution in [1.29, 1.82) is 0 Å². The van der Waals surface area contributed by atoms with Gasteiger partial charge in [0, 0.05) is 19.1 Å². The van der Waals surface area contributed by atoms with Crippen molar-refractivity contribution >= 4 is 17.7 Å². The van der Waals surface area contributed by atoms with E-state index in [2.05, 4.69) is 5.32 Å². The van der Waals surface area contributed by atoms with E-state index in [-0.39, 0.29) is 30.2 Å². The molecule has 0 aromatic heterocycles. The van der Waals surface area contributed by atoms with Gasteiger partial charge in [0.1, 0.15) is 0 Å². The molecular weight excluding hydrogens is 258 g/mol. The van der Waals surface area contributed by atoms with Gasteiger partial charge in [-0.1, -0.05) is 0 Å². The third-order valence-electron chi connectivity index (χ3n) is 4.33. The number of hydrogen-bond acceptors (Lipinski definition) is 4. The topological polar surface area (TPSA) is 69.7 Å². The molecule has 3 rings (SSSR count). The Kier molecular flexibility index (Phi) is 3.50. The van der Waals surface area contributed by atoms with Crippen LogP contribution < -0.4 is 5.32 Å². The zero-order valence-corrected chi connectivity index (χ0v) is 11.8. The molecule has 3 amide bonds. The summed E-state index contributed by atoms with van der Waals surface area (Å²) in [6.07, 6.45) is 4.13. The maximum Gasteiger partial charge on any atom is 0.247 e. The summed E-state index contributed by atoms with van der Waals surface area (Å²) in [4.78, 5) is 39.5. The van der Waals surface area contributed by atoms with Gasteiger partial charge in [-0.15, -0.1) is 0 Å². The second-order valence-corrected chi connectivity index (χ2v) is 6.01. The monoisotopic (exact) mass is 279 g/mol. The molecule has 2 aliphatic heterocycles. The van der Waals surface area contributed by atoms with E-state index in [0.717, 1.165) is 38.8 Å². The number of likely N-dealkylation sites (tertiary alicyclic amines) is 2. The molecule has 1 aliphatic carbocycles. The highest BCUT2D eigenvalue weighted by Crippen LogP contribution is 2.31. The Hall–Kier alpha value is -1.43. The molecule has 0 aromatic rings. The molecule has 0 spiro atoms. The largest absolute Gasteiger partial charge is 0.341 e. The zero-order chi connectivity index (χ0) is 14.3. The maximum absolute atomic E-state index is 12.2. The van der Waals surface area contributed by atoms with Crippen LogP contribution in [0, 0.1) is 0 Å². The van der Waals surface area contributed by atoms with E-state index in [1.807, 2.05) is 4.90 Å². The Morgan fingerprint density at radius 3 is 2.50 bits per heavy atom. The molecule has 2 heterocycles. The summed E-state index contributed by atoms with van der Waals surface area (Å²) in [5, 5.41) is 3.05. The van der Waals surface area contributed by atoms with Gasteiger partial charge in [0.15, 0.2) is 0 Å². The number of nitrogens with one attached hydrogen (secondary N) is 1. The van der Waals surface area contributed by atoms with Gasteiger partial charge in [-0.2, -0.15) is 0 Å². The van der Waals surface area contributed by atoms with E-state index < -0.39 is 12.1 Å². The van der Waals surface area contributed by atoms with E-state index in [1.165, 1.54) is 4.90 Å². The Labute approximate surface area is 118 Å². The van der Waals surface area contributed by atoms with Crippen molar-refractivity contribution in [3.05, 3.63) is 0 Å². The van der Waals surface area contributed by atoms with Crippen molar-refractivity contribution < 1.29 is 14.4 Å². The van der Waals surface area contributed by atoms with Crippen LogP contribution in [0.3, 0.4) is 0 Å². The Morgan fingerprint density at radius 1 is 1.25 bits per heavy atom. The molecule has 1 N–H and O–H groups in total. The predicted molar refractivity (Wildman–Crippen MR) is 71.7 cm³/mol. The molecule has 0 bridgehead atoms. The van der Waals surface area contributed by atoms with Crippen molar-refractivity contribution in [1.82, 2.24) is 15.1 Å². The van der Waals surface area contributed by atoms with Crippen molar-refractivity contribution in [3.8, 4) is 0 Å². The lowest BCUT2D eigenvalue weighted by Gasteiger charge is -2.23. The van der Waals surface area contributed by atoms with Gasteiger partial charge in [0.05, 0.1) is 18.5 Å². The lowest BCUT2D eigenvalue weighted by atomic mass is 10.2. The fourth-order valence-corrected chi connectivity index (χ4v) is 3.08. The van der Waals surface area contributed by atoms with Crippen LogP contribution in [0.25, 0.3) is 0 Å². The number of carbonyl (C=O) groups excluding carboxylic acids is 3. The molecule has 3 aliphatic rings. The number of rotatable bonds is 4. The molecule has 6 nitrogen and oxygen atoms in total. The first kappa shape index (κ1) is 13.5. The van der Waals surface area contributed by atoms with Crippen LogP contribution in [0.2, 0.25) is 0 Å². The van der Waals surface area contributed by atoms with Crippen LogP contribution in [0.15, 0.2) is 0 Å². The fourth-order valence-electron chi connectivity index (χ4n) is 3.08. The van der Waals surface area contributed by atoms with Crippen LogP contribution in [-0.2, 0) is 14.4 Å². The third kappa shape index (κ3) is 2.44. The first-order valence-corrected chi connectivity index (χ1v) is 7.48. The summed E-state index contributed by atoms with van der Waals surface area (Å²) in [7, 11) is 0. The van der Waals surface area contributed by atoms with E-state index in [9.17, 15) is 14.4 Å². The molecule has 3 fully saturated rings. The second-order valence-electron chi connectivity index (χ2n) is 6.01. The maximum atomic E-state index is 12.2. The summed E-state index contributed by atoms with van der Waals surface area (Å²) in [5.74, 6) is -0.220. The second kappa shape index (κ2) is 5.16. The SMILES string of the molecule is CC(NC1CC(=O)N(C2CC2)C1=O)C(=O)N1CCCC1. The molecule has 20 heavy (non-hydrogen) atoms. The summed E-state index contributed by atoms with van der Waals surface area (Å²) >= 11 is 0. The minimum atomic E-state index is -0.523. The molecule has 0 aromatic carbocycles. The molecule has 2 atom stereocenters. The van der Waals surface area contributed by atoms with Gasteiger partial charge in [0.25, 0.3) is 0 Å². The first-order chi connectivity index (χ1) is 9.58. The van der Waals surface area contributed by atoms with Crippen LogP contribution in [-0.4, -0.2) is 58.7 Å². The Bertz CT molecular complexity index is 441. The van der Waals surface area contributed by atoms with Gasteiger partial charge in [-0.05, 0) is 32.6 Å². The van der Waals surface area contributed by atoms with Gasteiger partial charge in [-0.3, -0.25) is 24.6 Å². The lowest BCUT2D eigenvalue weighted by Crippen LogP contribution is -2.50. The molecule has 0 radical (unpaired) electrons. The van der Waals surface area contributed by atoms with Crippen molar-refractivity contribution in [2.45, 2.75) is 57.2 Å². The highest BCUT2D eigenvalue weighted by atomic mass is 16.2. The van der Waals surface area contributed by atoms with Crippen molar-refractivity contribution in [2.75, 3.05) is 13.1 Å². The fraction of sp³-hybridized carbons (Fsp3) is 0.786. The Morgan fingerprint density at radius 2 is 1.90 bits per heavy atom. The minimum absolute atomic E-state index is 0.0348. The predicted octanol–water partition coefficient (Wildman–Crippen LogP) is -0.123. The van der Waals surface area contributed by atoms with E-state index in [0.29, 0.717) is 0 Å². The van der Waals surface area contributed by atoms with Crippen LogP contribution in [0.5, 0.6) is 0 Å². The summed E-state index contributed by atoms with van der Waals surface area (Å²) in [5.41, 5.74) is 0. The molecular formula is C14H21N3O3. The van der Waals surface area contributed by atoms with Crippen LogP contribution in [0.4, 0.5) is 0 Å². The van der Waals surface area contributed by atoms with Gasteiger partial charge >= 0.3 is 0 Å². The van der Waals surface area contributed by atoms with Crippen molar-refractivity contribution in [2.24, 2.45) is 0 Å². The number of hydrogen-bond donors (Lipinski definition) is 1. The van der Waals surface area contributed by atoms with Crippen LogP contribution in [0.1, 0.15) is 39.0 Å². The lowest BCUT2D eigenvalue weighted by molar-refractivity contribution is -0.139. The molecule has 1 saturated carbocycles. The molecule has 2 saturated heterocycles. The van der Waals surface area contributed by atoms with E-state index >= 15 is 0 Å². The van der Waals surface area contributed by atoms with E-state index in [1.54, 1.807) is 6.92 Å². The summed E-state index contributed by atoms with van der Waals surface area (Å²) in [6, 6.07) is -0.815. The average molecular weight is 279 g/mol. The molecule has 2 unspecified atom stereocenters. The third-order valence-corrected chi connectivity index (χ3v) is 4.33. The highest BCUT2D eigenvalue weighted by molar-refractivity contribution is 6.06. The molecule has 6 heteroatoms. The van der Waals surface area contributed by atoms with E-state index in [4.69, 9.17) is 0 Å². The number of imide groups is 1. The number of amides is 3. The minimum Gasteiger partial charge on any atom is -0.341 e. The highest BCUT2D eigenvalue weighted by Gasteiger charge is 2.46. The zero-order valence-electron chi connectivity index (χ0n) is 11.8. The standard InChI is InChI=1S/C14H21N3O3/c1-9(13(19)16-6-2-3-7-16)15-11-8-12(18)17(14(11)20)10-4-5-10/h9-11,15H,2-8H2,1H3. The van der Waals surface area contributed by atoms with Gasteiger partial charge in [0.2, 0.25) is 17.7 Å². The van der Waals surface area contributed by atoms with Crippen LogP contribution >= 0.6 is 0 Å². The van der Waals surface area contributed by atoms with Gasteiger partial charge < -0.3 is 4.90 Å². The summed E-state index contributed by atoms with van der Waals surface area (Å²) < 4.78 is 0. The van der Waals surface area contributed by atoms with Gasteiger partial charge in [-0.25, -0.2) is 0 Å². The average Bonchev–Trinajstić information content (AvgIpc) is 3.01. The van der Waals surface area contributed by atoms with Crippen molar-refractivity contribution in [3.63, 3.8) is 0 Å². The molecule has 110 valence electrons. The Balaban J connectivity index is 1.58. The first-order valence-electron chi connectivity index (χ1n) is 7.48. The number of carbonyl (C=O) groups is 3.